The predicted molar refractivity (Wildman–Crippen MR) is 125 cm³/mol. The molecular formula is C27H22F3NO4. The lowest BCUT2D eigenvalue weighted by atomic mass is 9.91. The van der Waals surface area contributed by atoms with E-state index in [0.29, 0.717) is 28.0 Å². The molecule has 1 aliphatic heterocycles. The Morgan fingerprint density at radius 3 is 2.29 bits per heavy atom. The van der Waals surface area contributed by atoms with Crippen LogP contribution in [-0.4, -0.2) is 23.9 Å². The second-order valence-corrected chi connectivity index (χ2v) is 8.25. The third-order valence-corrected chi connectivity index (χ3v) is 6.07. The number of ketones is 1. The van der Waals surface area contributed by atoms with Gasteiger partial charge in [0.05, 0.1) is 24.3 Å². The molecule has 1 saturated heterocycles. The molecule has 1 aliphatic rings. The number of alkyl halides is 3. The highest BCUT2D eigenvalue weighted by Gasteiger charge is 2.48. The molecule has 0 aromatic heterocycles. The van der Waals surface area contributed by atoms with Gasteiger partial charge in [0.25, 0.3) is 11.7 Å². The molecule has 1 atom stereocenters. The molecule has 1 heterocycles. The Hall–Kier alpha value is -4.07. The van der Waals surface area contributed by atoms with Gasteiger partial charge in [-0.3, -0.25) is 14.5 Å². The van der Waals surface area contributed by atoms with Crippen molar-refractivity contribution >= 4 is 23.1 Å². The number of hydrogen-bond acceptors (Lipinski definition) is 4. The van der Waals surface area contributed by atoms with Gasteiger partial charge in [0.2, 0.25) is 0 Å². The van der Waals surface area contributed by atoms with Gasteiger partial charge in [0, 0.05) is 11.3 Å². The highest BCUT2D eigenvalue weighted by molar-refractivity contribution is 6.51. The van der Waals surface area contributed by atoms with Gasteiger partial charge in [-0.05, 0) is 66.9 Å². The summed E-state index contributed by atoms with van der Waals surface area (Å²) in [7, 11) is 1.49. The Balaban J connectivity index is 1.98. The first-order chi connectivity index (χ1) is 16.5. The van der Waals surface area contributed by atoms with Crippen molar-refractivity contribution in [1.82, 2.24) is 0 Å². The lowest BCUT2D eigenvalue weighted by Crippen LogP contribution is -2.30. The zero-order valence-corrected chi connectivity index (χ0v) is 19.2. The summed E-state index contributed by atoms with van der Waals surface area (Å²) in [5.41, 5.74) is 0.870. The van der Waals surface area contributed by atoms with Crippen LogP contribution in [0.5, 0.6) is 5.75 Å². The molecule has 3 aromatic carbocycles. The minimum Gasteiger partial charge on any atom is -0.507 e. The van der Waals surface area contributed by atoms with Crippen LogP contribution in [0.3, 0.4) is 0 Å². The summed E-state index contributed by atoms with van der Waals surface area (Å²) in [5.74, 6) is -1.88. The van der Waals surface area contributed by atoms with Crippen molar-refractivity contribution in [2.75, 3.05) is 12.0 Å². The standard InChI is InChI=1S/C27H22F3NO4/c1-15-7-4-5-10-20(15)23-22(24(32)21-12-11-19(35-3)13-16(21)2)25(33)26(34)31(23)18-9-6-8-17(14-18)27(28,29)30/h4-14,23,32H,1-3H3/b24-22+. The average Bonchev–Trinajstić information content (AvgIpc) is 3.08. The Morgan fingerprint density at radius 1 is 0.943 bits per heavy atom. The van der Waals surface area contributed by atoms with E-state index in [9.17, 15) is 27.9 Å². The fraction of sp³-hybridized carbons (Fsp3) is 0.185. The number of hydrogen-bond donors (Lipinski definition) is 1. The smallest absolute Gasteiger partial charge is 0.416 e. The molecule has 5 nitrogen and oxygen atoms in total. The van der Waals surface area contributed by atoms with Crippen LogP contribution in [0.4, 0.5) is 18.9 Å². The number of ether oxygens (including phenoxy) is 1. The average molecular weight is 481 g/mol. The van der Waals surface area contributed by atoms with Crippen LogP contribution in [0.2, 0.25) is 0 Å². The second-order valence-electron chi connectivity index (χ2n) is 8.25. The van der Waals surface area contributed by atoms with Crippen molar-refractivity contribution in [3.63, 3.8) is 0 Å². The first kappa shape index (κ1) is 24.1. The summed E-state index contributed by atoms with van der Waals surface area (Å²) >= 11 is 0. The van der Waals surface area contributed by atoms with Crippen molar-refractivity contribution in [3.05, 3.63) is 100 Å². The number of methoxy groups -OCH3 is 1. The maximum absolute atomic E-state index is 13.4. The molecule has 1 amide bonds. The van der Waals surface area contributed by atoms with Crippen LogP contribution < -0.4 is 9.64 Å². The summed E-state index contributed by atoms with van der Waals surface area (Å²) in [5, 5.41) is 11.3. The number of rotatable bonds is 4. The Morgan fingerprint density at radius 2 is 1.66 bits per heavy atom. The monoisotopic (exact) mass is 481 g/mol. The molecule has 0 bridgehead atoms. The maximum atomic E-state index is 13.4. The Bertz CT molecular complexity index is 1360. The number of amides is 1. The molecule has 8 heteroatoms. The molecule has 0 saturated carbocycles. The van der Waals surface area contributed by atoms with Gasteiger partial charge in [0.1, 0.15) is 11.5 Å². The maximum Gasteiger partial charge on any atom is 0.416 e. The number of halogens is 3. The molecule has 1 unspecified atom stereocenters. The molecule has 35 heavy (non-hydrogen) atoms. The van der Waals surface area contributed by atoms with Gasteiger partial charge in [-0.2, -0.15) is 13.2 Å². The highest BCUT2D eigenvalue weighted by Crippen LogP contribution is 2.44. The molecule has 0 radical (unpaired) electrons. The fourth-order valence-electron chi connectivity index (χ4n) is 4.29. The largest absolute Gasteiger partial charge is 0.507 e. The normalized spacial score (nSPS) is 17.7. The zero-order valence-electron chi connectivity index (χ0n) is 19.2. The van der Waals surface area contributed by atoms with E-state index < -0.39 is 35.2 Å². The molecule has 0 aliphatic carbocycles. The lowest BCUT2D eigenvalue weighted by Gasteiger charge is -2.27. The van der Waals surface area contributed by atoms with Crippen molar-refractivity contribution in [3.8, 4) is 5.75 Å². The summed E-state index contributed by atoms with van der Waals surface area (Å²) in [6.07, 6.45) is -4.64. The van der Waals surface area contributed by atoms with Crippen molar-refractivity contribution in [2.24, 2.45) is 0 Å². The molecule has 3 aromatic rings. The van der Waals surface area contributed by atoms with Crippen LogP contribution >= 0.6 is 0 Å². The number of carbonyl (C=O) groups is 2. The number of aliphatic hydroxyl groups is 1. The number of benzene rings is 3. The topological polar surface area (TPSA) is 66.8 Å². The van der Waals surface area contributed by atoms with Crippen LogP contribution in [-0.2, 0) is 15.8 Å². The van der Waals surface area contributed by atoms with Crippen LogP contribution in [0.25, 0.3) is 5.76 Å². The van der Waals surface area contributed by atoms with Gasteiger partial charge in [0.15, 0.2) is 0 Å². The molecule has 1 fully saturated rings. The van der Waals surface area contributed by atoms with Crippen LogP contribution in [0.1, 0.15) is 33.9 Å². The fourth-order valence-corrected chi connectivity index (χ4v) is 4.29. The zero-order chi connectivity index (χ0) is 25.5. The summed E-state index contributed by atoms with van der Waals surface area (Å²) in [4.78, 5) is 27.5. The SMILES string of the molecule is COc1ccc(/C(O)=C2\C(=O)C(=O)N(c3cccc(C(F)(F)F)c3)C2c2ccccc2C)c(C)c1. The number of aliphatic hydroxyl groups excluding tert-OH is 1. The van der Waals surface area contributed by atoms with Crippen molar-refractivity contribution in [1.29, 1.82) is 0 Å². The minimum atomic E-state index is -4.64. The van der Waals surface area contributed by atoms with E-state index in [1.807, 2.05) is 0 Å². The van der Waals surface area contributed by atoms with Crippen molar-refractivity contribution < 1.29 is 32.6 Å². The van der Waals surface area contributed by atoms with E-state index in [0.717, 1.165) is 17.0 Å². The Labute approximate surface area is 200 Å². The van der Waals surface area contributed by atoms with E-state index in [-0.39, 0.29) is 11.3 Å². The van der Waals surface area contributed by atoms with E-state index in [1.165, 1.54) is 19.2 Å². The van der Waals surface area contributed by atoms with E-state index in [2.05, 4.69) is 0 Å². The van der Waals surface area contributed by atoms with E-state index in [4.69, 9.17) is 4.74 Å². The van der Waals surface area contributed by atoms with E-state index in [1.54, 1.807) is 56.3 Å². The van der Waals surface area contributed by atoms with E-state index >= 15 is 0 Å². The number of Topliss-reactive ketones (excluding diaryl/α,β-unsaturated/α-hetero) is 1. The lowest BCUT2D eigenvalue weighted by molar-refractivity contribution is -0.137. The number of anilines is 1. The van der Waals surface area contributed by atoms with Gasteiger partial charge in [-0.1, -0.05) is 30.3 Å². The molecule has 180 valence electrons. The first-order valence-electron chi connectivity index (χ1n) is 10.7. The van der Waals surface area contributed by atoms with Gasteiger partial charge < -0.3 is 9.84 Å². The third kappa shape index (κ3) is 4.27. The van der Waals surface area contributed by atoms with Gasteiger partial charge >= 0.3 is 6.18 Å². The molecule has 0 spiro atoms. The summed E-state index contributed by atoms with van der Waals surface area (Å²) in [6, 6.07) is 14.9. The molecule has 4 rings (SSSR count). The Kier molecular flexibility index (Phi) is 6.15. The predicted octanol–water partition coefficient (Wildman–Crippen LogP) is 5.96. The van der Waals surface area contributed by atoms with Gasteiger partial charge in [-0.15, -0.1) is 0 Å². The summed E-state index contributed by atoms with van der Waals surface area (Å²) < 4.78 is 45.4. The molecular weight excluding hydrogens is 459 g/mol. The molecule has 1 N–H and O–H groups in total. The van der Waals surface area contributed by atoms with Crippen LogP contribution in [0, 0.1) is 13.8 Å². The van der Waals surface area contributed by atoms with Crippen LogP contribution in [0.15, 0.2) is 72.3 Å². The third-order valence-electron chi connectivity index (χ3n) is 6.07. The number of nitrogens with zero attached hydrogens (tertiary/aromatic N) is 1. The van der Waals surface area contributed by atoms with Crippen molar-refractivity contribution in [2.45, 2.75) is 26.1 Å². The number of carbonyl (C=O) groups excluding carboxylic acids is 2. The van der Waals surface area contributed by atoms with Gasteiger partial charge in [-0.25, -0.2) is 0 Å². The first-order valence-corrected chi connectivity index (χ1v) is 10.7. The number of aryl methyl sites for hydroxylation is 2. The quantitative estimate of drug-likeness (QED) is 0.284. The summed E-state index contributed by atoms with van der Waals surface area (Å²) in [6.45, 7) is 3.48. The highest BCUT2D eigenvalue weighted by atomic mass is 19.4. The minimum absolute atomic E-state index is 0.0966. The second kappa shape index (κ2) is 8.94.